The molecule has 2 aliphatic carbocycles. The van der Waals surface area contributed by atoms with E-state index in [9.17, 15) is 4.79 Å². The minimum Gasteiger partial charge on any atom is -0.307 e. The molecule has 2 aromatic rings. The Morgan fingerprint density at radius 1 is 1.38 bits per heavy atom. The van der Waals surface area contributed by atoms with Crippen LogP contribution < -0.4 is 0 Å². The van der Waals surface area contributed by atoms with Crippen LogP contribution in [0, 0.1) is 17.9 Å². The number of hydrogen-bond acceptors (Lipinski definition) is 2. The first-order chi connectivity index (χ1) is 11.3. The van der Waals surface area contributed by atoms with Gasteiger partial charge < -0.3 is 4.79 Å². The van der Waals surface area contributed by atoms with Crippen molar-refractivity contribution in [3.05, 3.63) is 57.2 Å². The average molecular weight is 384 g/mol. The van der Waals surface area contributed by atoms with Crippen molar-refractivity contribution in [2.45, 2.75) is 39.0 Å². The minimum atomic E-state index is -0.548. The predicted molar refractivity (Wildman–Crippen MR) is 95.5 cm³/mol. The Kier molecular flexibility index (Phi) is 3.11. The topological polar surface area (TPSA) is 38.7 Å². The molecular formula is C19H18BrN3O. The van der Waals surface area contributed by atoms with Crippen molar-refractivity contribution < 1.29 is 4.79 Å². The SMILES string of the molecule is [C-]#[N+]C1=C[C@]2(C)c3c(ccc4c(Br)cnn34)CC[C@H]2C(C)(C)C1=O. The summed E-state index contributed by atoms with van der Waals surface area (Å²) in [6.45, 7) is 13.6. The van der Waals surface area contributed by atoms with E-state index in [1.54, 1.807) is 6.20 Å². The van der Waals surface area contributed by atoms with Crippen molar-refractivity contribution in [2.24, 2.45) is 11.3 Å². The molecule has 0 spiro atoms. The number of fused-ring (bicyclic) bond motifs is 5. The molecule has 0 unspecified atom stereocenters. The molecule has 0 N–H and O–H groups in total. The van der Waals surface area contributed by atoms with E-state index in [1.807, 2.05) is 24.4 Å². The van der Waals surface area contributed by atoms with Crippen LogP contribution in [0.4, 0.5) is 0 Å². The number of ketones is 1. The molecule has 4 rings (SSSR count). The number of aryl methyl sites for hydroxylation is 1. The lowest BCUT2D eigenvalue weighted by molar-refractivity contribution is -0.128. The molecule has 0 aliphatic heterocycles. The summed E-state index contributed by atoms with van der Waals surface area (Å²) < 4.78 is 2.94. The monoisotopic (exact) mass is 383 g/mol. The van der Waals surface area contributed by atoms with Gasteiger partial charge in [-0.2, -0.15) is 5.10 Å². The highest BCUT2D eigenvalue weighted by molar-refractivity contribution is 9.10. The largest absolute Gasteiger partial charge is 0.307 e. The van der Waals surface area contributed by atoms with Gasteiger partial charge in [-0.05, 0) is 46.3 Å². The maximum Gasteiger partial charge on any atom is 0.226 e. The number of pyridine rings is 1. The van der Waals surface area contributed by atoms with Gasteiger partial charge in [0, 0.05) is 10.8 Å². The van der Waals surface area contributed by atoms with Crippen molar-refractivity contribution in [1.82, 2.24) is 9.61 Å². The molecule has 0 radical (unpaired) electrons. The van der Waals surface area contributed by atoms with E-state index >= 15 is 0 Å². The summed E-state index contributed by atoms with van der Waals surface area (Å²) in [5.41, 5.74) is 2.72. The number of carbonyl (C=O) groups is 1. The summed E-state index contributed by atoms with van der Waals surface area (Å²) in [4.78, 5) is 16.3. The van der Waals surface area contributed by atoms with Crippen LogP contribution in [0.15, 0.2) is 34.6 Å². The normalized spacial score (nSPS) is 28.0. The first-order valence-electron chi connectivity index (χ1n) is 8.11. The molecule has 2 heterocycles. The molecular weight excluding hydrogens is 366 g/mol. The Balaban J connectivity index is 2.10. The molecule has 24 heavy (non-hydrogen) atoms. The Hall–Kier alpha value is -1.93. The molecule has 5 heteroatoms. The third kappa shape index (κ3) is 1.78. The molecule has 4 nitrogen and oxygen atoms in total. The second-order valence-electron chi connectivity index (χ2n) is 7.56. The van der Waals surface area contributed by atoms with Gasteiger partial charge in [-0.1, -0.05) is 32.9 Å². The molecule has 2 aliphatic rings. The predicted octanol–water partition coefficient (Wildman–Crippen LogP) is 4.33. The van der Waals surface area contributed by atoms with E-state index < -0.39 is 5.41 Å². The summed E-state index contributed by atoms with van der Waals surface area (Å²) in [6, 6.07) is 4.24. The molecule has 0 amide bonds. The standard InChI is InChI=1S/C19H18BrN3O/c1-18(2)15-8-6-11-5-7-14-12(20)10-22-23(14)16(11)19(15,3)9-13(21-4)17(18)24/h5,7,9-10,15H,6,8H2,1-3H3/t15-,19-/m0/s1. The fraction of sp³-hybridized carbons (Fsp3) is 0.421. The molecule has 0 saturated heterocycles. The van der Waals surface area contributed by atoms with Crippen LogP contribution in [0.5, 0.6) is 0 Å². The van der Waals surface area contributed by atoms with Crippen LogP contribution in [0.1, 0.15) is 38.4 Å². The van der Waals surface area contributed by atoms with Gasteiger partial charge in [0.05, 0.1) is 28.5 Å². The molecule has 0 aromatic carbocycles. The van der Waals surface area contributed by atoms with E-state index in [-0.39, 0.29) is 22.8 Å². The lowest BCUT2D eigenvalue weighted by Gasteiger charge is -2.51. The highest BCUT2D eigenvalue weighted by Gasteiger charge is 2.54. The molecule has 0 saturated carbocycles. The number of Topliss-reactive ketones (excluding diaryl/α,β-unsaturated/α-hetero) is 1. The van der Waals surface area contributed by atoms with Crippen molar-refractivity contribution in [2.75, 3.05) is 0 Å². The molecule has 0 fully saturated rings. The third-order valence-corrected chi connectivity index (χ3v) is 6.51. The third-order valence-electron chi connectivity index (χ3n) is 5.90. The lowest BCUT2D eigenvalue weighted by atomic mass is 9.53. The van der Waals surface area contributed by atoms with Gasteiger partial charge in [0.1, 0.15) is 0 Å². The number of rotatable bonds is 0. The summed E-state index contributed by atoms with van der Waals surface area (Å²) in [6.07, 6.45) is 5.57. The fourth-order valence-corrected chi connectivity index (χ4v) is 5.19. The zero-order chi connectivity index (χ0) is 17.3. The van der Waals surface area contributed by atoms with Crippen LogP contribution in [-0.2, 0) is 16.6 Å². The first kappa shape index (κ1) is 15.6. The Labute approximate surface area is 149 Å². The number of aromatic nitrogens is 2. The lowest BCUT2D eigenvalue weighted by Crippen LogP contribution is -2.51. The maximum absolute atomic E-state index is 12.7. The number of hydrogen-bond donors (Lipinski definition) is 0. The zero-order valence-corrected chi connectivity index (χ0v) is 15.5. The molecule has 2 aromatic heterocycles. The maximum atomic E-state index is 12.7. The van der Waals surface area contributed by atoms with Gasteiger partial charge in [0.15, 0.2) is 5.78 Å². The summed E-state index contributed by atoms with van der Waals surface area (Å²) in [5.74, 6) is 0.126. The summed E-state index contributed by atoms with van der Waals surface area (Å²) in [7, 11) is 0. The van der Waals surface area contributed by atoms with Crippen molar-refractivity contribution in [3.8, 4) is 0 Å². The number of allylic oxidation sites excluding steroid dienone is 2. The van der Waals surface area contributed by atoms with Crippen molar-refractivity contribution >= 4 is 27.2 Å². The van der Waals surface area contributed by atoms with Crippen LogP contribution >= 0.6 is 15.9 Å². The Morgan fingerprint density at radius 3 is 2.83 bits per heavy atom. The van der Waals surface area contributed by atoms with Crippen molar-refractivity contribution in [1.29, 1.82) is 0 Å². The summed E-state index contributed by atoms with van der Waals surface area (Å²) in [5, 5.41) is 4.56. The molecule has 0 bridgehead atoms. The molecule has 122 valence electrons. The number of halogens is 1. The van der Waals surface area contributed by atoms with E-state index in [0.717, 1.165) is 28.5 Å². The van der Waals surface area contributed by atoms with Gasteiger partial charge >= 0.3 is 0 Å². The second kappa shape index (κ2) is 4.80. The van der Waals surface area contributed by atoms with Gasteiger partial charge in [0.2, 0.25) is 5.70 Å². The van der Waals surface area contributed by atoms with E-state index in [1.165, 1.54) is 5.56 Å². The van der Waals surface area contributed by atoms with Crippen molar-refractivity contribution in [3.63, 3.8) is 0 Å². The van der Waals surface area contributed by atoms with Gasteiger partial charge in [-0.15, -0.1) is 0 Å². The second-order valence-corrected chi connectivity index (χ2v) is 8.42. The van der Waals surface area contributed by atoms with E-state index in [0.29, 0.717) is 0 Å². The Bertz CT molecular complexity index is 963. The number of nitrogens with zero attached hydrogens (tertiary/aromatic N) is 3. The van der Waals surface area contributed by atoms with Crippen LogP contribution in [0.25, 0.3) is 10.4 Å². The average Bonchev–Trinajstić information content (AvgIpc) is 2.92. The van der Waals surface area contributed by atoms with Crippen LogP contribution in [-0.4, -0.2) is 15.4 Å². The highest BCUT2D eigenvalue weighted by atomic mass is 79.9. The highest BCUT2D eigenvalue weighted by Crippen LogP contribution is 2.54. The van der Waals surface area contributed by atoms with Crippen LogP contribution in [0.3, 0.4) is 0 Å². The Morgan fingerprint density at radius 2 is 2.12 bits per heavy atom. The minimum absolute atomic E-state index is 0.0303. The quantitative estimate of drug-likeness (QED) is 0.635. The van der Waals surface area contributed by atoms with Gasteiger partial charge in [0.25, 0.3) is 0 Å². The zero-order valence-electron chi connectivity index (χ0n) is 13.9. The summed E-state index contributed by atoms with van der Waals surface area (Å²) >= 11 is 3.56. The fourth-order valence-electron chi connectivity index (χ4n) is 4.80. The van der Waals surface area contributed by atoms with Crippen LogP contribution in [0.2, 0.25) is 0 Å². The number of carbonyl (C=O) groups excluding carboxylic acids is 1. The van der Waals surface area contributed by atoms with E-state index in [4.69, 9.17) is 6.57 Å². The van der Waals surface area contributed by atoms with Gasteiger partial charge in [-0.3, -0.25) is 0 Å². The molecule has 2 atom stereocenters. The smallest absolute Gasteiger partial charge is 0.226 e. The first-order valence-corrected chi connectivity index (χ1v) is 8.90. The van der Waals surface area contributed by atoms with Gasteiger partial charge in [-0.25, -0.2) is 9.36 Å². The van der Waals surface area contributed by atoms with E-state index in [2.05, 4.69) is 44.9 Å².